The van der Waals surface area contributed by atoms with Gasteiger partial charge in [0.05, 0.1) is 17.1 Å². The molecular formula is C18H18F2N4O3S. The highest BCUT2D eigenvalue weighted by Crippen LogP contribution is 2.28. The highest BCUT2D eigenvalue weighted by molar-refractivity contribution is 8.00. The second kappa shape index (κ2) is 8.42. The summed E-state index contributed by atoms with van der Waals surface area (Å²) in [5, 5.41) is 11.2. The third-order valence-corrected chi connectivity index (χ3v) is 5.07. The zero-order valence-electron chi connectivity index (χ0n) is 15.3. The van der Waals surface area contributed by atoms with Gasteiger partial charge in [0.2, 0.25) is 5.91 Å². The fourth-order valence-corrected chi connectivity index (χ4v) is 3.26. The van der Waals surface area contributed by atoms with Crippen molar-refractivity contribution in [3.63, 3.8) is 0 Å². The Morgan fingerprint density at radius 2 is 1.96 bits per heavy atom. The standard InChI is InChI=1S/C18H18F2N4O3S/c1-10-14(8-9-26-10)15-22-23-18(24(15)3)28-11(2)16(25)21-12-4-6-13(7-5-12)27-17(19)20/h4-9,11,17H,1-3H3,(H,21,25)/t11-/m1/s1. The van der Waals surface area contributed by atoms with Crippen LogP contribution in [0.15, 0.2) is 46.2 Å². The average Bonchev–Trinajstić information content (AvgIpc) is 3.22. The first kappa shape index (κ1) is 19.9. The molecule has 148 valence electrons. The molecule has 0 aliphatic heterocycles. The SMILES string of the molecule is Cc1occc1-c1nnc(S[C@H](C)C(=O)Nc2ccc(OC(F)F)cc2)n1C. The van der Waals surface area contributed by atoms with Gasteiger partial charge in [-0.2, -0.15) is 8.78 Å². The van der Waals surface area contributed by atoms with E-state index in [1.165, 1.54) is 36.0 Å². The predicted octanol–water partition coefficient (Wildman–Crippen LogP) is 4.10. The molecule has 3 aromatic rings. The molecule has 28 heavy (non-hydrogen) atoms. The Balaban J connectivity index is 1.63. The van der Waals surface area contributed by atoms with Crippen LogP contribution in [0.25, 0.3) is 11.4 Å². The van der Waals surface area contributed by atoms with E-state index in [9.17, 15) is 13.6 Å². The molecule has 0 aliphatic carbocycles. The largest absolute Gasteiger partial charge is 0.469 e. The van der Waals surface area contributed by atoms with E-state index in [0.29, 0.717) is 16.7 Å². The number of halogens is 2. The number of hydrogen-bond acceptors (Lipinski definition) is 6. The first-order valence-corrected chi connectivity index (χ1v) is 9.19. The van der Waals surface area contributed by atoms with Gasteiger partial charge in [-0.1, -0.05) is 11.8 Å². The minimum Gasteiger partial charge on any atom is -0.469 e. The van der Waals surface area contributed by atoms with Crippen molar-refractivity contribution in [3.05, 3.63) is 42.4 Å². The number of alkyl halides is 2. The van der Waals surface area contributed by atoms with Crippen molar-refractivity contribution >= 4 is 23.4 Å². The number of benzene rings is 1. The number of carbonyl (C=O) groups excluding carboxylic acids is 1. The van der Waals surface area contributed by atoms with Gasteiger partial charge in [-0.25, -0.2) is 0 Å². The quantitative estimate of drug-likeness (QED) is 0.593. The number of nitrogens with one attached hydrogen (secondary N) is 1. The third kappa shape index (κ3) is 4.50. The number of ether oxygens (including phenoxy) is 1. The Labute approximate surface area is 164 Å². The Morgan fingerprint density at radius 1 is 1.25 bits per heavy atom. The highest BCUT2D eigenvalue weighted by atomic mass is 32.2. The molecule has 2 heterocycles. The molecule has 10 heteroatoms. The Morgan fingerprint density at radius 3 is 2.57 bits per heavy atom. The zero-order valence-corrected chi connectivity index (χ0v) is 16.2. The second-order valence-corrected chi connectivity index (χ2v) is 7.22. The topological polar surface area (TPSA) is 82.2 Å². The van der Waals surface area contributed by atoms with Gasteiger partial charge >= 0.3 is 6.61 Å². The van der Waals surface area contributed by atoms with E-state index in [1.54, 1.807) is 17.8 Å². The number of aryl methyl sites for hydroxylation is 1. The van der Waals surface area contributed by atoms with Gasteiger partial charge in [0.1, 0.15) is 11.5 Å². The molecule has 0 unspecified atom stereocenters. The van der Waals surface area contributed by atoms with Crippen LogP contribution < -0.4 is 10.1 Å². The highest BCUT2D eigenvalue weighted by Gasteiger charge is 2.20. The van der Waals surface area contributed by atoms with E-state index in [2.05, 4.69) is 20.3 Å². The number of hydrogen-bond donors (Lipinski definition) is 1. The number of furan rings is 1. The Kier molecular flexibility index (Phi) is 5.98. The van der Waals surface area contributed by atoms with Gasteiger partial charge in [-0.05, 0) is 44.2 Å². The molecule has 1 amide bonds. The van der Waals surface area contributed by atoms with Gasteiger partial charge in [0.15, 0.2) is 11.0 Å². The first-order chi connectivity index (χ1) is 13.3. The number of aromatic nitrogens is 3. The van der Waals surface area contributed by atoms with Crippen molar-refractivity contribution < 1.29 is 22.7 Å². The lowest BCUT2D eigenvalue weighted by Gasteiger charge is -2.12. The number of carbonyl (C=O) groups is 1. The predicted molar refractivity (Wildman–Crippen MR) is 100 cm³/mol. The van der Waals surface area contributed by atoms with Crippen LogP contribution in [0.4, 0.5) is 14.5 Å². The summed E-state index contributed by atoms with van der Waals surface area (Å²) in [5.41, 5.74) is 1.32. The summed E-state index contributed by atoms with van der Waals surface area (Å²) in [6.45, 7) is 0.690. The summed E-state index contributed by atoms with van der Waals surface area (Å²) in [5.74, 6) is 1.15. The van der Waals surface area contributed by atoms with Gasteiger partial charge in [-0.3, -0.25) is 4.79 Å². The first-order valence-electron chi connectivity index (χ1n) is 8.31. The summed E-state index contributed by atoms with van der Waals surface area (Å²) < 4.78 is 35.7. The van der Waals surface area contributed by atoms with Gasteiger partial charge < -0.3 is 19.0 Å². The number of anilines is 1. The van der Waals surface area contributed by atoms with E-state index in [4.69, 9.17) is 4.42 Å². The Bertz CT molecular complexity index is 956. The molecular weight excluding hydrogens is 390 g/mol. The van der Waals surface area contributed by atoms with Crippen molar-refractivity contribution in [3.8, 4) is 17.1 Å². The number of thioether (sulfide) groups is 1. The molecule has 2 aromatic heterocycles. The molecule has 7 nitrogen and oxygen atoms in total. The van der Waals surface area contributed by atoms with Crippen LogP contribution in [0, 0.1) is 6.92 Å². The molecule has 1 N–H and O–H groups in total. The summed E-state index contributed by atoms with van der Waals surface area (Å²) in [4.78, 5) is 12.4. The van der Waals surface area contributed by atoms with E-state index in [1.807, 2.05) is 20.0 Å². The van der Waals surface area contributed by atoms with Crippen molar-refractivity contribution in [1.82, 2.24) is 14.8 Å². The van der Waals surface area contributed by atoms with Crippen LogP contribution in [0.2, 0.25) is 0 Å². The fraction of sp³-hybridized carbons (Fsp3) is 0.278. The molecule has 0 saturated heterocycles. The lowest BCUT2D eigenvalue weighted by Crippen LogP contribution is -2.22. The zero-order chi connectivity index (χ0) is 20.3. The smallest absolute Gasteiger partial charge is 0.387 e. The Hall–Kier alpha value is -2.88. The lowest BCUT2D eigenvalue weighted by molar-refractivity contribution is -0.115. The van der Waals surface area contributed by atoms with Crippen LogP contribution in [-0.4, -0.2) is 32.5 Å². The molecule has 0 spiro atoms. The minimum atomic E-state index is -2.89. The van der Waals surface area contributed by atoms with E-state index < -0.39 is 11.9 Å². The van der Waals surface area contributed by atoms with E-state index in [0.717, 1.165) is 11.3 Å². The average molecular weight is 408 g/mol. The molecule has 0 bridgehead atoms. The monoisotopic (exact) mass is 408 g/mol. The van der Waals surface area contributed by atoms with Crippen molar-refractivity contribution in [1.29, 1.82) is 0 Å². The van der Waals surface area contributed by atoms with E-state index in [-0.39, 0.29) is 11.7 Å². The van der Waals surface area contributed by atoms with E-state index >= 15 is 0 Å². The van der Waals surface area contributed by atoms with Crippen LogP contribution in [-0.2, 0) is 11.8 Å². The van der Waals surface area contributed by atoms with Crippen LogP contribution in [0.3, 0.4) is 0 Å². The molecule has 1 atom stereocenters. The maximum Gasteiger partial charge on any atom is 0.387 e. The van der Waals surface area contributed by atoms with Crippen LogP contribution >= 0.6 is 11.8 Å². The number of rotatable bonds is 7. The normalized spacial score (nSPS) is 12.2. The minimum absolute atomic E-state index is 0.0246. The third-order valence-electron chi connectivity index (χ3n) is 3.93. The number of nitrogens with zero attached hydrogens (tertiary/aromatic N) is 3. The maximum absolute atomic E-state index is 12.4. The van der Waals surface area contributed by atoms with Gasteiger partial charge in [0.25, 0.3) is 0 Å². The lowest BCUT2D eigenvalue weighted by atomic mass is 10.2. The summed E-state index contributed by atoms with van der Waals surface area (Å²) in [7, 11) is 1.82. The molecule has 0 saturated carbocycles. The molecule has 0 aliphatic rings. The summed E-state index contributed by atoms with van der Waals surface area (Å²) in [6.07, 6.45) is 1.58. The van der Waals surface area contributed by atoms with Gasteiger partial charge in [0, 0.05) is 12.7 Å². The molecule has 3 rings (SSSR count). The van der Waals surface area contributed by atoms with Crippen LogP contribution in [0.5, 0.6) is 5.75 Å². The molecule has 0 radical (unpaired) electrons. The summed E-state index contributed by atoms with van der Waals surface area (Å²) >= 11 is 1.26. The molecule has 1 aromatic carbocycles. The maximum atomic E-state index is 12.4. The van der Waals surface area contributed by atoms with Gasteiger partial charge in [-0.15, -0.1) is 10.2 Å². The fourth-order valence-electron chi connectivity index (χ4n) is 2.44. The number of amides is 1. The molecule has 0 fully saturated rings. The van der Waals surface area contributed by atoms with Crippen molar-refractivity contribution in [2.75, 3.05) is 5.32 Å². The van der Waals surface area contributed by atoms with Crippen LogP contribution in [0.1, 0.15) is 12.7 Å². The second-order valence-electron chi connectivity index (χ2n) is 5.91. The van der Waals surface area contributed by atoms with Crippen molar-refractivity contribution in [2.45, 2.75) is 30.9 Å². The van der Waals surface area contributed by atoms with Crippen molar-refractivity contribution in [2.24, 2.45) is 7.05 Å². The summed E-state index contributed by atoms with van der Waals surface area (Å²) in [6, 6.07) is 7.53.